The van der Waals surface area contributed by atoms with Crippen molar-refractivity contribution in [2.45, 2.75) is 64.7 Å². The van der Waals surface area contributed by atoms with Crippen LogP contribution in [0.4, 0.5) is 0 Å². The minimum atomic E-state index is -0.758. The fraction of sp³-hybridized carbons (Fsp3) is 0.750. The van der Waals surface area contributed by atoms with E-state index in [0.29, 0.717) is 42.8 Å². The van der Waals surface area contributed by atoms with E-state index in [9.17, 15) is 19.5 Å². The topological polar surface area (TPSA) is 71.4 Å². The highest BCUT2D eigenvalue weighted by Crippen LogP contribution is 2.65. The first-order chi connectivity index (χ1) is 11.4. The molecule has 3 saturated carbocycles. The Kier molecular flexibility index (Phi) is 3.52. The van der Waals surface area contributed by atoms with E-state index < -0.39 is 5.97 Å². The highest BCUT2D eigenvalue weighted by molar-refractivity contribution is 5.92. The molecule has 0 saturated heterocycles. The normalized spacial score (nSPS) is 44.4. The zero-order valence-corrected chi connectivity index (χ0v) is 14.3. The van der Waals surface area contributed by atoms with Gasteiger partial charge >= 0.3 is 5.97 Å². The van der Waals surface area contributed by atoms with Crippen molar-refractivity contribution >= 4 is 17.5 Å². The van der Waals surface area contributed by atoms with Crippen molar-refractivity contribution < 1.29 is 19.5 Å². The van der Waals surface area contributed by atoms with Gasteiger partial charge in [-0.15, -0.1) is 0 Å². The summed E-state index contributed by atoms with van der Waals surface area (Å²) in [6.45, 7) is 2.14. The average Bonchev–Trinajstić information content (AvgIpc) is 2.83. The van der Waals surface area contributed by atoms with Crippen LogP contribution in [-0.4, -0.2) is 22.6 Å². The number of rotatable bonds is 2. The monoisotopic (exact) mass is 330 g/mol. The first-order valence-electron chi connectivity index (χ1n) is 9.36. The zero-order chi connectivity index (χ0) is 17.1. The zero-order valence-electron chi connectivity index (χ0n) is 14.3. The van der Waals surface area contributed by atoms with Gasteiger partial charge in [0.2, 0.25) is 0 Å². The van der Waals surface area contributed by atoms with Crippen molar-refractivity contribution in [2.75, 3.05) is 0 Å². The van der Waals surface area contributed by atoms with Crippen LogP contribution >= 0.6 is 0 Å². The van der Waals surface area contributed by atoms with Gasteiger partial charge < -0.3 is 5.11 Å². The summed E-state index contributed by atoms with van der Waals surface area (Å²) in [5.41, 5.74) is 0.572. The Morgan fingerprint density at radius 2 is 1.92 bits per heavy atom. The smallest absolute Gasteiger partial charge is 0.304 e. The third-order valence-electron chi connectivity index (χ3n) is 7.86. The molecule has 1 N–H and O–H groups in total. The van der Waals surface area contributed by atoms with E-state index in [1.165, 1.54) is 0 Å². The third kappa shape index (κ3) is 2.07. The molecule has 0 bridgehead atoms. The maximum absolute atomic E-state index is 12.4. The van der Waals surface area contributed by atoms with Crippen LogP contribution in [-0.2, 0) is 14.4 Å². The molecule has 0 amide bonds. The number of carbonyl (C=O) groups is 3. The molecule has 4 nitrogen and oxygen atoms in total. The van der Waals surface area contributed by atoms with Gasteiger partial charge in [0.1, 0.15) is 5.78 Å². The lowest BCUT2D eigenvalue weighted by molar-refractivity contribution is -0.145. The first kappa shape index (κ1) is 16.0. The predicted octanol–water partition coefficient (Wildman–Crippen LogP) is 3.54. The summed E-state index contributed by atoms with van der Waals surface area (Å²) >= 11 is 0. The molecule has 4 aliphatic carbocycles. The van der Waals surface area contributed by atoms with Crippen LogP contribution in [0.2, 0.25) is 0 Å². The first-order valence-corrected chi connectivity index (χ1v) is 9.36. The molecule has 4 aliphatic rings. The summed E-state index contributed by atoms with van der Waals surface area (Å²) in [6, 6.07) is 0. The molecule has 24 heavy (non-hydrogen) atoms. The highest BCUT2D eigenvalue weighted by Gasteiger charge is 2.60. The van der Waals surface area contributed by atoms with Crippen LogP contribution in [0, 0.1) is 28.6 Å². The van der Waals surface area contributed by atoms with Crippen molar-refractivity contribution in [3.8, 4) is 0 Å². The molecule has 0 spiro atoms. The van der Waals surface area contributed by atoms with Gasteiger partial charge in [0.05, 0.1) is 6.42 Å². The molecule has 0 aromatic rings. The Morgan fingerprint density at radius 3 is 2.67 bits per heavy atom. The number of hydrogen-bond donors (Lipinski definition) is 1. The predicted molar refractivity (Wildman–Crippen MR) is 88.3 cm³/mol. The molecule has 0 unspecified atom stereocenters. The van der Waals surface area contributed by atoms with Gasteiger partial charge in [0.15, 0.2) is 5.78 Å². The number of carboxylic acids is 1. The van der Waals surface area contributed by atoms with Crippen molar-refractivity contribution in [1.82, 2.24) is 0 Å². The third-order valence-corrected chi connectivity index (χ3v) is 7.86. The summed E-state index contributed by atoms with van der Waals surface area (Å²) in [5.74, 6) is 0.991. The summed E-state index contributed by atoms with van der Waals surface area (Å²) in [6.07, 6.45) is 8.39. The second-order valence-corrected chi connectivity index (χ2v) is 8.70. The van der Waals surface area contributed by atoms with Gasteiger partial charge in [-0.3, -0.25) is 14.4 Å². The molecule has 4 heteroatoms. The van der Waals surface area contributed by atoms with Crippen LogP contribution < -0.4 is 0 Å². The Hall–Kier alpha value is -1.45. The number of ketones is 2. The van der Waals surface area contributed by atoms with Crippen molar-refractivity contribution in [3.05, 3.63) is 11.6 Å². The molecule has 4 rings (SSSR count). The number of hydrogen-bond acceptors (Lipinski definition) is 3. The molecule has 0 heterocycles. The van der Waals surface area contributed by atoms with E-state index in [0.717, 1.165) is 37.7 Å². The number of aliphatic carboxylic acids is 1. The van der Waals surface area contributed by atoms with Crippen molar-refractivity contribution in [2.24, 2.45) is 28.6 Å². The molecule has 0 aliphatic heterocycles. The average molecular weight is 330 g/mol. The van der Waals surface area contributed by atoms with E-state index in [4.69, 9.17) is 0 Å². The SMILES string of the molecule is C[C@]12CC[C@H]3[C@@H](CCC4=CC(=O)CC[C@@]43CC(=O)O)[C@@H]1CCC2=O. The van der Waals surface area contributed by atoms with Crippen LogP contribution in [0.15, 0.2) is 11.6 Å². The lowest BCUT2D eigenvalue weighted by Crippen LogP contribution is -2.52. The van der Waals surface area contributed by atoms with Crippen LogP contribution in [0.1, 0.15) is 64.7 Å². The second kappa shape index (κ2) is 5.27. The van der Waals surface area contributed by atoms with E-state index in [1.807, 2.05) is 0 Å². The lowest BCUT2D eigenvalue weighted by Gasteiger charge is -2.57. The fourth-order valence-electron chi connectivity index (χ4n) is 6.73. The fourth-order valence-corrected chi connectivity index (χ4v) is 6.73. The maximum Gasteiger partial charge on any atom is 0.304 e. The van der Waals surface area contributed by atoms with Crippen molar-refractivity contribution in [1.29, 1.82) is 0 Å². The number of carbonyl (C=O) groups excluding carboxylic acids is 2. The van der Waals surface area contributed by atoms with Gasteiger partial charge in [0, 0.05) is 23.7 Å². The maximum atomic E-state index is 12.4. The number of Topliss-reactive ketones (excluding diaryl/α,β-unsaturated/α-hetero) is 1. The molecule has 130 valence electrons. The molecule has 0 aromatic heterocycles. The number of fused-ring (bicyclic) bond motifs is 5. The molecule has 0 radical (unpaired) electrons. The molecular formula is C20H26O4. The quantitative estimate of drug-likeness (QED) is 0.840. The van der Waals surface area contributed by atoms with Crippen LogP contribution in [0.25, 0.3) is 0 Å². The highest BCUT2D eigenvalue weighted by atomic mass is 16.4. The Morgan fingerprint density at radius 1 is 1.12 bits per heavy atom. The minimum Gasteiger partial charge on any atom is -0.481 e. The van der Waals surface area contributed by atoms with Gasteiger partial charge in [0.25, 0.3) is 0 Å². The van der Waals surface area contributed by atoms with Gasteiger partial charge in [-0.05, 0) is 62.4 Å². The van der Waals surface area contributed by atoms with Gasteiger partial charge in [-0.2, -0.15) is 0 Å². The standard InChI is InChI=1S/C20H26O4/c1-19-8-7-16-14(15(19)4-5-17(19)22)3-2-12-10-13(21)6-9-20(12,16)11-18(23)24/h10,14-16H,2-9,11H2,1H3,(H,23,24)/t14-,15-,16-,19-,20+/m0/s1. The summed E-state index contributed by atoms with van der Waals surface area (Å²) in [7, 11) is 0. The largest absolute Gasteiger partial charge is 0.481 e. The van der Waals surface area contributed by atoms with E-state index in [2.05, 4.69) is 6.92 Å². The number of carboxylic acid groups (broad SMARTS) is 1. The minimum absolute atomic E-state index is 0.144. The molecule has 5 atom stereocenters. The second-order valence-electron chi connectivity index (χ2n) is 8.70. The van der Waals surface area contributed by atoms with Gasteiger partial charge in [-0.1, -0.05) is 12.5 Å². The van der Waals surface area contributed by atoms with E-state index in [-0.39, 0.29) is 23.0 Å². The Labute approximate surface area is 142 Å². The lowest BCUT2D eigenvalue weighted by atomic mass is 9.46. The number of allylic oxidation sites excluding steroid dienone is 1. The summed E-state index contributed by atoms with van der Waals surface area (Å²) < 4.78 is 0. The van der Waals surface area contributed by atoms with Crippen LogP contribution in [0.5, 0.6) is 0 Å². The molecular weight excluding hydrogens is 304 g/mol. The van der Waals surface area contributed by atoms with E-state index in [1.54, 1.807) is 6.08 Å². The van der Waals surface area contributed by atoms with Crippen LogP contribution in [0.3, 0.4) is 0 Å². The van der Waals surface area contributed by atoms with Crippen molar-refractivity contribution in [3.63, 3.8) is 0 Å². The Balaban J connectivity index is 1.74. The summed E-state index contributed by atoms with van der Waals surface area (Å²) in [4.78, 5) is 36.0. The summed E-state index contributed by atoms with van der Waals surface area (Å²) in [5, 5.41) is 9.57. The van der Waals surface area contributed by atoms with E-state index >= 15 is 0 Å². The van der Waals surface area contributed by atoms with Gasteiger partial charge in [-0.25, -0.2) is 0 Å². The molecule has 0 aromatic carbocycles. The molecule has 3 fully saturated rings. The Bertz CT molecular complexity index is 648.